The first-order chi connectivity index (χ1) is 7.85. The van der Waals surface area contributed by atoms with Gasteiger partial charge in [0.25, 0.3) is 0 Å². The Kier molecular flexibility index (Phi) is 3.10. The van der Waals surface area contributed by atoms with Gasteiger partial charge in [-0.05, 0) is 19.1 Å². The Labute approximate surface area is 94.2 Å². The van der Waals surface area contributed by atoms with Crippen LogP contribution in [0.1, 0.15) is 6.92 Å². The summed E-state index contributed by atoms with van der Waals surface area (Å²) in [5, 5.41) is 6.98. The van der Waals surface area contributed by atoms with E-state index in [0.29, 0.717) is 12.5 Å². The smallest absolute Gasteiger partial charge is 0.233 e. The minimum atomic E-state index is 0.600. The van der Waals surface area contributed by atoms with Gasteiger partial charge in [-0.2, -0.15) is 0 Å². The van der Waals surface area contributed by atoms with Gasteiger partial charge in [0.15, 0.2) is 0 Å². The lowest BCUT2D eigenvalue weighted by Gasteiger charge is -2.04. The molecule has 0 bridgehead atoms. The number of methoxy groups -OCH3 is 1. The molecule has 0 spiro atoms. The molecule has 0 aliphatic carbocycles. The van der Waals surface area contributed by atoms with Gasteiger partial charge in [0.2, 0.25) is 5.88 Å². The number of aromatic amines is 1. The van der Waals surface area contributed by atoms with Crippen molar-refractivity contribution in [3.63, 3.8) is 0 Å². The molecule has 4 nitrogen and oxygen atoms in total. The van der Waals surface area contributed by atoms with Crippen molar-refractivity contribution in [2.75, 3.05) is 13.7 Å². The van der Waals surface area contributed by atoms with Crippen molar-refractivity contribution in [2.24, 2.45) is 0 Å². The summed E-state index contributed by atoms with van der Waals surface area (Å²) in [5.41, 5.74) is 1.87. The fourth-order valence-electron chi connectivity index (χ4n) is 1.53. The van der Waals surface area contributed by atoms with E-state index in [1.54, 1.807) is 7.11 Å². The number of aromatic nitrogens is 2. The Morgan fingerprint density at radius 2 is 2.12 bits per heavy atom. The molecule has 16 heavy (non-hydrogen) atoms. The van der Waals surface area contributed by atoms with E-state index in [1.807, 2.05) is 37.3 Å². The zero-order chi connectivity index (χ0) is 11.4. The van der Waals surface area contributed by atoms with Gasteiger partial charge >= 0.3 is 0 Å². The lowest BCUT2D eigenvalue weighted by Crippen LogP contribution is -1.90. The number of benzene rings is 1. The van der Waals surface area contributed by atoms with Crippen molar-refractivity contribution < 1.29 is 9.47 Å². The molecule has 0 aliphatic heterocycles. The van der Waals surface area contributed by atoms with E-state index in [4.69, 9.17) is 9.47 Å². The molecule has 0 aliphatic rings. The Morgan fingerprint density at radius 3 is 2.88 bits per heavy atom. The molecule has 1 heterocycles. The van der Waals surface area contributed by atoms with Gasteiger partial charge in [-0.3, -0.25) is 5.10 Å². The maximum absolute atomic E-state index is 5.30. The largest absolute Gasteiger partial charge is 0.496 e. The van der Waals surface area contributed by atoms with Crippen LogP contribution < -0.4 is 9.47 Å². The van der Waals surface area contributed by atoms with Crippen LogP contribution in [0.15, 0.2) is 30.3 Å². The summed E-state index contributed by atoms with van der Waals surface area (Å²) >= 11 is 0. The SMILES string of the molecule is CCOc1cc(-c2ccccc2OC)[nH]n1. The quantitative estimate of drug-likeness (QED) is 0.857. The highest BCUT2D eigenvalue weighted by atomic mass is 16.5. The average molecular weight is 218 g/mol. The second-order valence-electron chi connectivity index (χ2n) is 3.25. The van der Waals surface area contributed by atoms with Crippen LogP contribution in [0.3, 0.4) is 0 Å². The second-order valence-corrected chi connectivity index (χ2v) is 3.25. The van der Waals surface area contributed by atoms with Crippen LogP contribution in [0.4, 0.5) is 0 Å². The minimum absolute atomic E-state index is 0.600. The number of H-pyrrole nitrogens is 1. The number of rotatable bonds is 4. The van der Waals surface area contributed by atoms with Crippen molar-refractivity contribution in [3.8, 4) is 22.9 Å². The van der Waals surface area contributed by atoms with E-state index >= 15 is 0 Å². The number of hydrogen-bond acceptors (Lipinski definition) is 3. The third-order valence-corrected chi connectivity index (χ3v) is 2.24. The van der Waals surface area contributed by atoms with E-state index in [9.17, 15) is 0 Å². The maximum atomic E-state index is 5.30. The van der Waals surface area contributed by atoms with Crippen LogP contribution in [0.5, 0.6) is 11.6 Å². The molecule has 0 atom stereocenters. The van der Waals surface area contributed by atoms with Gasteiger partial charge in [0.1, 0.15) is 5.75 Å². The molecule has 0 radical (unpaired) electrons. The lowest BCUT2D eigenvalue weighted by atomic mass is 10.1. The van der Waals surface area contributed by atoms with Crippen molar-refractivity contribution in [2.45, 2.75) is 6.92 Å². The van der Waals surface area contributed by atoms with Crippen LogP contribution in [0, 0.1) is 0 Å². The summed E-state index contributed by atoms with van der Waals surface area (Å²) in [5.74, 6) is 1.41. The Balaban J connectivity index is 2.34. The lowest BCUT2D eigenvalue weighted by molar-refractivity contribution is 0.326. The van der Waals surface area contributed by atoms with Crippen LogP contribution in [-0.4, -0.2) is 23.9 Å². The molecule has 2 rings (SSSR count). The van der Waals surface area contributed by atoms with Crippen LogP contribution in [0.2, 0.25) is 0 Å². The highest BCUT2D eigenvalue weighted by molar-refractivity contribution is 5.67. The van der Waals surface area contributed by atoms with Crippen molar-refractivity contribution in [1.82, 2.24) is 10.2 Å². The molecule has 0 unspecified atom stereocenters. The molecule has 1 aromatic heterocycles. The predicted molar refractivity (Wildman–Crippen MR) is 61.7 cm³/mol. The summed E-state index contributed by atoms with van der Waals surface area (Å²) in [4.78, 5) is 0. The molecule has 0 saturated heterocycles. The topological polar surface area (TPSA) is 47.1 Å². The molecule has 4 heteroatoms. The highest BCUT2D eigenvalue weighted by Crippen LogP contribution is 2.29. The molecule has 1 N–H and O–H groups in total. The van der Waals surface area contributed by atoms with Crippen molar-refractivity contribution >= 4 is 0 Å². The fourth-order valence-corrected chi connectivity index (χ4v) is 1.53. The molecule has 1 aromatic carbocycles. The molecule has 0 amide bonds. The summed E-state index contributed by atoms with van der Waals surface area (Å²) in [7, 11) is 1.65. The number of para-hydroxylation sites is 1. The number of nitrogens with one attached hydrogen (secondary N) is 1. The summed E-state index contributed by atoms with van der Waals surface area (Å²) in [6.45, 7) is 2.54. The van der Waals surface area contributed by atoms with E-state index in [0.717, 1.165) is 17.0 Å². The van der Waals surface area contributed by atoms with Gasteiger partial charge in [0.05, 0.1) is 19.4 Å². The first kappa shape index (κ1) is 10.5. The standard InChI is InChI=1S/C12H14N2O2/c1-3-16-12-8-10(13-14-12)9-6-4-5-7-11(9)15-2/h4-8H,3H2,1-2H3,(H,13,14). The Bertz CT molecular complexity index is 466. The van der Waals surface area contributed by atoms with E-state index < -0.39 is 0 Å². The summed E-state index contributed by atoms with van der Waals surface area (Å²) in [6.07, 6.45) is 0. The second kappa shape index (κ2) is 4.70. The van der Waals surface area contributed by atoms with Crippen LogP contribution >= 0.6 is 0 Å². The third-order valence-electron chi connectivity index (χ3n) is 2.24. The molecular formula is C12H14N2O2. The first-order valence-electron chi connectivity index (χ1n) is 5.16. The number of nitrogens with zero attached hydrogens (tertiary/aromatic N) is 1. The molecule has 84 valence electrons. The summed E-state index contributed by atoms with van der Waals surface area (Å²) in [6, 6.07) is 9.64. The summed E-state index contributed by atoms with van der Waals surface area (Å²) < 4.78 is 10.6. The minimum Gasteiger partial charge on any atom is -0.496 e. The van der Waals surface area contributed by atoms with Crippen LogP contribution in [0.25, 0.3) is 11.3 Å². The Morgan fingerprint density at radius 1 is 1.31 bits per heavy atom. The number of ether oxygens (including phenoxy) is 2. The average Bonchev–Trinajstić information content (AvgIpc) is 2.78. The zero-order valence-electron chi connectivity index (χ0n) is 9.36. The highest BCUT2D eigenvalue weighted by Gasteiger charge is 2.08. The van der Waals surface area contributed by atoms with Crippen molar-refractivity contribution in [3.05, 3.63) is 30.3 Å². The van der Waals surface area contributed by atoms with Gasteiger partial charge < -0.3 is 9.47 Å². The van der Waals surface area contributed by atoms with Crippen LogP contribution in [-0.2, 0) is 0 Å². The molecule has 0 saturated carbocycles. The Hall–Kier alpha value is -1.97. The van der Waals surface area contributed by atoms with Gasteiger partial charge in [-0.1, -0.05) is 12.1 Å². The van der Waals surface area contributed by atoms with Gasteiger partial charge in [0, 0.05) is 11.6 Å². The monoisotopic (exact) mass is 218 g/mol. The molecular weight excluding hydrogens is 204 g/mol. The van der Waals surface area contributed by atoms with Gasteiger partial charge in [-0.15, -0.1) is 5.10 Å². The predicted octanol–water partition coefficient (Wildman–Crippen LogP) is 2.48. The van der Waals surface area contributed by atoms with E-state index in [-0.39, 0.29) is 0 Å². The van der Waals surface area contributed by atoms with E-state index in [2.05, 4.69) is 10.2 Å². The first-order valence-corrected chi connectivity index (χ1v) is 5.16. The maximum Gasteiger partial charge on any atom is 0.233 e. The third kappa shape index (κ3) is 2.00. The zero-order valence-corrected chi connectivity index (χ0v) is 9.36. The van der Waals surface area contributed by atoms with E-state index in [1.165, 1.54) is 0 Å². The van der Waals surface area contributed by atoms with Gasteiger partial charge in [-0.25, -0.2) is 0 Å². The molecule has 0 fully saturated rings. The number of hydrogen-bond donors (Lipinski definition) is 1. The molecule has 2 aromatic rings. The normalized spacial score (nSPS) is 10.1. The van der Waals surface area contributed by atoms with Crippen molar-refractivity contribution in [1.29, 1.82) is 0 Å². The fraction of sp³-hybridized carbons (Fsp3) is 0.250.